The summed E-state index contributed by atoms with van der Waals surface area (Å²) in [6, 6.07) is -0.106. The second-order valence-corrected chi connectivity index (χ2v) is 6.28. The van der Waals surface area contributed by atoms with Crippen LogP contribution < -0.4 is 5.32 Å². The quantitative estimate of drug-likeness (QED) is 0.912. The van der Waals surface area contributed by atoms with Crippen LogP contribution >= 0.6 is 0 Å². The van der Waals surface area contributed by atoms with Crippen LogP contribution in [0.1, 0.15) is 37.9 Å². The minimum Gasteiger partial charge on any atom is -0.351 e. The molecule has 3 rings (SSSR count). The smallest absolute Gasteiger partial charge is 0.351 e. The van der Waals surface area contributed by atoms with E-state index in [2.05, 4.69) is 10.3 Å². The maximum absolute atomic E-state index is 13.1. The first-order valence-electron chi connectivity index (χ1n) is 7.82. The van der Waals surface area contributed by atoms with Crippen molar-refractivity contribution in [3.63, 3.8) is 0 Å². The van der Waals surface area contributed by atoms with Gasteiger partial charge in [0.25, 0.3) is 0 Å². The van der Waals surface area contributed by atoms with Gasteiger partial charge in [-0.05, 0) is 19.3 Å². The Kier molecular flexibility index (Phi) is 4.14. The maximum Gasteiger partial charge on any atom is 0.392 e. The summed E-state index contributed by atoms with van der Waals surface area (Å²) in [5, 5.41) is 2.83. The molecular weight excluding hydrogens is 295 g/mol. The average Bonchev–Trinajstić information content (AvgIpc) is 2.94. The molecule has 1 aromatic heterocycles. The van der Waals surface area contributed by atoms with Gasteiger partial charge in [0.2, 0.25) is 5.91 Å². The molecule has 22 heavy (non-hydrogen) atoms. The SMILES string of the molecule is O=C(NC1CCc2nccn2C1)C1CCCCC1C(F)(F)F. The molecule has 1 aromatic rings. The molecule has 1 aliphatic heterocycles. The third-order valence-electron chi connectivity index (χ3n) is 4.80. The van der Waals surface area contributed by atoms with E-state index in [0.717, 1.165) is 18.7 Å². The molecule has 7 heteroatoms. The molecule has 1 aliphatic carbocycles. The van der Waals surface area contributed by atoms with Gasteiger partial charge in [-0.15, -0.1) is 0 Å². The summed E-state index contributed by atoms with van der Waals surface area (Å²) in [4.78, 5) is 16.5. The Morgan fingerprint density at radius 1 is 1.27 bits per heavy atom. The standard InChI is InChI=1S/C15H20F3N3O/c16-15(17,18)12-4-2-1-3-11(12)14(22)20-10-5-6-13-19-7-8-21(13)9-10/h7-8,10-12H,1-6,9H2,(H,20,22). The van der Waals surface area contributed by atoms with Crippen molar-refractivity contribution in [2.45, 2.75) is 57.3 Å². The summed E-state index contributed by atoms with van der Waals surface area (Å²) in [5.74, 6) is -1.89. The number of hydrogen-bond donors (Lipinski definition) is 1. The Morgan fingerprint density at radius 2 is 2.05 bits per heavy atom. The van der Waals surface area contributed by atoms with Gasteiger partial charge in [0.05, 0.1) is 5.92 Å². The van der Waals surface area contributed by atoms with Gasteiger partial charge in [0.1, 0.15) is 5.82 Å². The van der Waals surface area contributed by atoms with Crippen LogP contribution in [0.3, 0.4) is 0 Å². The van der Waals surface area contributed by atoms with Gasteiger partial charge < -0.3 is 9.88 Å². The zero-order valence-corrected chi connectivity index (χ0v) is 12.3. The fraction of sp³-hybridized carbons (Fsp3) is 0.733. The van der Waals surface area contributed by atoms with Crippen LogP contribution in [-0.4, -0.2) is 27.7 Å². The molecule has 0 radical (unpaired) electrons. The Morgan fingerprint density at radius 3 is 2.82 bits per heavy atom. The molecule has 0 bridgehead atoms. The van der Waals surface area contributed by atoms with E-state index in [4.69, 9.17) is 0 Å². The highest BCUT2D eigenvalue weighted by Gasteiger charge is 2.48. The monoisotopic (exact) mass is 315 g/mol. The lowest BCUT2D eigenvalue weighted by molar-refractivity contribution is -0.198. The van der Waals surface area contributed by atoms with Crippen molar-refractivity contribution in [3.8, 4) is 0 Å². The number of carbonyl (C=O) groups is 1. The number of carbonyl (C=O) groups excluding carboxylic acids is 1. The van der Waals surface area contributed by atoms with Crippen molar-refractivity contribution in [1.29, 1.82) is 0 Å². The molecule has 0 saturated heterocycles. The molecular formula is C15H20F3N3O. The normalized spacial score (nSPS) is 29.0. The topological polar surface area (TPSA) is 46.9 Å². The van der Waals surface area contributed by atoms with E-state index in [9.17, 15) is 18.0 Å². The van der Waals surface area contributed by atoms with Crippen LogP contribution in [0.25, 0.3) is 0 Å². The van der Waals surface area contributed by atoms with E-state index in [1.807, 2.05) is 10.8 Å². The maximum atomic E-state index is 13.1. The zero-order valence-electron chi connectivity index (χ0n) is 12.3. The molecule has 2 heterocycles. The minimum atomic E-state index is -4.29. The number of aryl methyl sites for hydroxylation is 1. The molecule has 1 N–H and O–H groups in total. The van der Waals surface area contributed by atoms with Gasteiger partial charge in [-0.1, -0.05) is 12.8 Å². The van der Waals surface area contributed by atoms with Crippen LogP contribution in [0.15, 0.2) is 12.4 Å². The third-order valence-corrected chi connectivity index (χ3v) is 4.80. The number of fused-ring (bicyclic) bond motifs is 1. The first kappa shape index (κ1) is 15.4. The van der Waals surface area contributed by atoms with Crippen LogP contribution in [0.5, 0.6) is 0 Å². The molecule has 4 nitrogen and oxygen atoms in total. The number of amides is 1. The van der Waals surface area contributed by atoms with Gasteiger partial charge in [-0.3, -0.25) is 4.79 Å². The van der Waals surface area contributed by atoms with Crippen molar-refractivity contribution in [3.05, 3.63) is 18.2 Å². The number of alkyl halides is 3. The van der Waals surface area contributed by atoms with Crippen molar-refractivity contribution in [2.24, 2.45) is 11.8 Å². The highest BCUT2D eigenvalue weighted by Crippen LogP contribution is 2.41. The van der Waals surface area contributed by atoms with Gasteiger partial charge in [-0.2, -0.15) is 13.2 Å². The second kappa shape index (κ2) is 5.93. The Hall–Kier alpha value is -1.53. The minimum absolute atomic E-state index is 0.0674. The van der Waals surface area contributed by atoms with E-state index in [-0.39, 0.29) is 12.5 Å². The van der Waals surface area contributed by atoms with Gasteiger partial charge >= 0.3 is 6.18 Å². The number of imidazole rings is 1. The van der Waals surface area contributed by atoms with Crippen LogP contribution in [0, 0.1) is 11.8 Å². The number of nitrogens with one attached hydrogen (secondary N) is 1. The number of rotatable bonds is 2. The summed E-state index contributed by atoms with van der Waals surface area (Å²) >= 11 is 0. The lowest BCUT2D eigenvalue weighted by Gasteiger charge is -2.34. The molecule has 3 atom stereocenters. The first-order chi connectivity index (χ1) is 10.4. The lowest BCUT2D eigenvalue weighted by Crippen LogP contribution is -2.48. The largest absolute Gasteiger partial charge is 0.392 e. The van der Waals surface area contributed by atoms with Crippen LogP contribution in [0.4, 0.5) is 13.2 Å². The van der Waals surface area contributed by atoms with E-state index < -0.39 is 23.9 Å². The van der Waals surface area contributed by atoms with Crippen molar-refractivity contribution < 1.29 is 18.0 Å². The fourth-order valence-corrected chi connectivity index (χ4v) is 3.63. The number of halogens is 3. The Balaban J connectivity index is 1.64. The summed E-state index contributed by atoms with van der Waals surface area (Å²) in [6.07, 6.45) is 2.38. The summed E-state index contributed by atoms with van der Waals surface area (Å²) in [6.45, 7) is 0.588. The molecule has 0 aromatic carbocycles. The van der Waals surface area contributed by atoms with Crippen LogP contribution in [0.2, 0.25) is 0 Å². The highest BCUT2D eigenvalue weighted by atomic mass is 19.4. The van der Waals surface area contributed by atoms with Crippen LogP contribution in [-0.2, 0) is 17.8 Å². The van der Waals surface area contributed by atoms with Crippen molar-refractivity contribution in [2.75, 3.05) is 0 Å². The predicted octanol–water partition coefficient (Wildman–Crippen LogP) is 2.68. The number of nitrogens with zero attached hydrogens (tertiary/aromatic N) is 2. The summed E-state index contributed by atoms with van der Waals surface area (Å²) in [5.41, 5.74) is 0. The van der Waals surface area contributed by atoms with E-state index in [0.29, 0.717) is 25.8 Å². The Bertz CT molecular complexity index is 540. The third kappa shape index (κ3) is 3.13. The van der Waals surface area contributed by atoms with Crippen molar-refractivity contribution >= 4 is 5.91 Å². The zero-order chi connectivity index (χ0) is 15.7. The number of aromatic nitrogens is 2. The fourth-order valence-electron chi connectivity index (χ4n) is 3.63. The molecule has 3 unspecified atom stereocenters. The molecule has 1 amide bonds. The Labute approximate surface area is 127 Å². The molecule has 1 saturated carbocycles. The second-order valence-electron chi connectivity index (χ2n) is 6.28. The summed E-state index contributed by atoms with van der Waals surface area (Å²) < 4.78 is 41.2. The van der Waals surface area contributed by atoms with E-state index in [1.54, 1.807) is 6.20 Å². The van der Waals surface area contributed by atoms with Gasteiger partial charge in [-0.25, -0.2) is 4.98 Å². The van der Waals surface area contributed by atoms with Gasteiger partial charge in [0, 0.05) is 37.3 Å². The summed E-state index contributed by atoms with van der Waals surface area (Å²) in [7, 11) is 0. The predicted molar refractivity (Wildman–Crippen MR) is 74.0 cm³/mol. The highest BCUT2D eigenvalue weighted by molar-refractivity contribution is 5.79. The molecule has 122 valence electrons. The van der Waals surface area contributed by atoms with E-state index >= 15 is 0 Å². The van der Waals surface area contributed by atoms with E-state index in [1.165, 1.54) is 0 Å². The van der Waals surface area contributed by atoms with Gasteiger partial charge in [0.15, 0.2) is 0 Å². The average molecular weight is 315 g/mol. The van der Waals surface area contributed by atoms with Crippen molar-refractivity contribution in [1.82, 2.24) is 14.9 Å². The molecule has 0 spiro atoms. The lowest BCUT2D eigenvalue weighted by atomic mass is 9.78. The number of hydrogen-bond acceptors (Lipinski definition) is 2. The molecule has 2 aliphatic rings. The molecule has 1 fully saturated rings. The first-order valence-corrected chi connectivity index (χ1v) is 7.82.